The molecule has 6 atom stereocenters. The van der Waals surface area contributed by atoms with E-state index in [1.54, 1.807) is 25.2 Å². The number of benzene rings is 2. The van der Waals surface area contributed by atoms with Crippen LogP contribution in [0.2, 0.25) is 0 Å². The first-order valence-electron chi connectivity index (χ1n) is 17.0. The number of aliphatic hydroxyl groups excluding tert-OH is 2. The van der Waals surface area contributed by atoms with Crippen molar-refractivity contribution in [1.29, 1.82) is 0 Å². The van der Waals surface area contributed by atoms with Gasteiger partial charge in [-0.15, -0.1) is 0 Å². The number of amides is 2. The number of carbonyl (C=O) groups is 1. The Labute approximate surface area is 280 Å². The van der Waals surface area contributed by atoms with Crippen LogP contribution in [0, 0.1) is 17.8 Å². The standard InChI is InChI=1S/C36H47N3O9/c1-3-47-38-28-19-32(39(2)35(43)37-20-22-10-12-30-31(16-22)46-21-45-30)36(44)34-26(28)17-23(8-4-6-14-40)25(9-5-7-15-41)33(34)27-18-24(42)11-13-29(27)48-36/h10-13,16-18,23,25,32-34,40-42,44H,3-9,14-15,19-21H2,1-2H3,(H,37,43)/t23-,25+,32-,33+,34+,36+/m0/s1. The lowest BCUT2D eigenvalue weighted by molar-refractivity contribution is -0.226. The van der Waals surface area contributed by atoms with E-state index in [0.29, 0.717) is 42.4 Å². The first kappa shape index (κ1) is 33.9. The molecule has 2 aromatic rings. The summed E-state index contributed by atoms with van der Waals surface area (Å²) in [6, 6.07) is 9.21. The first-order chi connectivity index (χ1) is 23.3. The number of nitrogens with zero attached hydrogens (tertiary/aromatic N) is 2. The monoisotopic (exact) mass is 665 g/mol. The predicted molar refractivity (Wildman–Crippen MR) is 177 cm³/mol. The zero-order valence-electron chi connectivity index (χ0n) is 27.6. The largest absolute Gasteiger partial charge is 0.508 e. The van der Waals surface area contributed by atoms with Gasteiger partial charge in [0.25, 0.3) is 0 Å². The van der Waals surface area contributed by atoms with E-state index in [1.807, 2.05) is 25.1 Å². The number of hydrogen-bond acceptors (Lipinski definition) is 10. The van der Waals surface area contributed by atoms with Crippen LogP contribution in [0.25, 0.3) is 0 Å². The van der Waals surface area contributed by atoms with Crippen molar-refractivity contribution in [2.75, 3.05) is 33.7 Å². The van der Waals surface area contributed by atoms with E-state index >= 15 is 0 Å². The summed E-state index contributed by atoms with van der Waals surface area (Å²) in [4.78, 5) is 20.9. The molecule has 0 spiro atoms. The molecule has 4 aliphatic rings. The van der Waals surface area contributed by atoms with E-state index in [0.717, 1.165) is 42.4 Å². The number of phenolic OH excluding ortho intramolecular Hbond substituents is 1. The lowest BCUT2D eigenvalue weighted by Gasteiger charge is -2.58. The van der Waals surface area contributed by atoms with E-state index in [9.17, 15) is 25.2 Å². The van der Waals surface area contributed by atoms with Gasteiger partial charge in [0.1, 0.15) is 24.1 Å². The third-order valence-electron chi connectivity index (χ3n) is 10.2. The number of ether oxygens (including phenoxy) is 3. The maximum Gasteiger partial charge on any atom is 0.317 e. The molecule has 1 fully saturated rings. The summed E-state index contributed by atoms with van der Waals surface area (Å²) in [6.07, 6.45) is 6.89. The molecule has 2 amide bonds. The summed E-state index contributed by atoms with van der Waals surface area (Å²) in [7, 11) is 1.65. The second-order valence-electron chi connectivity index (χ2n) is 13.1. The molecule has 0 aromatic heterocycles. The first-order valence-corrected chi connectivity index (χ1v) is 17.0. The van der Waals surface area contributed by atoms with E-state index in [2.05, 4.69) is 16.5 Å². The van der Waals surface area contributed by atoms with Gasteiger partial charge in [-0.25, -0.2) is 4.79 Å². The molecule has 6 rings (SSSR count). The maximum absolute atomic E-state index is 13.8. The second kappa shape index (κ2) is 14.6. The fourth-order valence-electron chi connectivity index (χ4n) is 8.00. The zero-order valence-corrected chi connectivity index (χ0v) is 27.6. The van der Waals surface area contributed by atoms with Gasteiger partial charge in [-0.05, 0) is 85.9 Å². The molecule has 48 heavy (non-hydrogen) atoms. The number of likely N-dealkylation sites (N-methyl/N-ethyl adjacent to an activating group) is 1. The van der Waals surface area contributed by atoms with Crippen molar-refractivity contribution in [3.63, 3.8) is 0 Å². The molecule has 0 saturated heterocycles. The fraction of sp³-hybridized carbons (Fsp3) is 0.556. The Kier molecular flexibility index (Phi) is 10.3. The average molecular weight is 666 g/mol. The Morgan fingerprint density at radius 3 is 2.56 bits per heavy atom. The smallest absolute Gasteiger partial charge is 0.317 e. The minimum absolute atomic E-state index is 0.0252. The van der Waals surface area contributed by atoms with Crippen LogP contribution < -0.4 is 19.5 Å². The summed E-state index contributed by atoms with van der Waals surface area (Å²) in [6.45, 7) is 2.78. The summed E-state index contributed by atoms with van der Waals surface area (Å²) in [5.74, 6) is -0.796. The van der Waals surface area contributed by atoms with Crippen molar-refractivity contribution in [1.82, 2.24) is 10.2 Å². The minimum Gasteiger partial charge on any atom is -0.508 e. The van der Waals surface area contributed by atoms with Crippen LogP contribution >= 0.6 is 0 Å². The van der Waals surface area contributed by atoms with E-state index in [1.165, 1.54) is 4.90 Å². The highest BCUT2D eigenvalue weighted by Gasteiger charge is 2.63. The molecule has 0 unspecified atom stereocenters. The number of urea groups is 1. The van der Waals surface area contributed by atoms with Crippen molar-refractivity contribution >= 4 is 11.7 Å². The lowest BCUT2D eigenvalue weighted by Crippen LogP contribution is -2.69. The Bertz CT molecular complexity index is 1530. The Hall–Kier alpha value is -4.00. The van der Waals surface area contributed by atoms with Crippen molar-refractivity contribution in [3.05, 3.63) is 59.2 Å². The highest BCUT2D eigenvalue weighted by Crippen LogP contribution is 2.60. The van der Waals surface area contributed by atoms with Crippen LogP contribution in [0.3, 0.4) is 0 Å². The second-order valence-corrected chi connectivity index (χ2v) is 13.1. The van der Waals surface area contributed by atoms with Gasteiger partial charge < -0.3 is 49.7 Å². The third kappa shape index (κ3) is 6.53. The zero-order chi connectivity index (χ0) is 33.8. The summed E-state index contributed by atoms with van der Waals surface area (Å²) in [5, 5.41) is 50.2. The van der Waals surface area contributed by atoms with E-state index in [4.69, 9.17) is 19.0 Å². The van der Waals surface area contributed by atoms with Crippen molar-refractivity contribution in [3.8, 4) is 23.0 Å². The Morgan fingerprint density at radius 2 is 1.79 bits per heavy atom. The molecule has 2 aliphatic heterocycles. The highest BCUT2D eigenvalue weighted by molar-refractivity contribution is 6.03. The predicted octanol–water partition coefficient (Wildman–Crippen LogP) is 4.41. The summed E-state index contributed by atoms with van der Waals surface area (Å²) in [5.41, 5.74) is 3.09. The van der Waals surface area contributed by atoms with Crippen LogP contribution in [0.5, 0.6) is 23.0 Å². The number of hydrogen-bond donors (Lipinski definition) is 5. The van der Waals surface area contributed by atoms with Crippen LogP contribution in [0.1, 0.15) is 68.9 Å². The summed E-state index contributed by atoms with van der Waals surface area (Å²) < 4.78 is 17.4. The Morgan fingerprint density at radius 1 is 1.04 bits per heavy atom. The van der Waals surface area contributed by atoms with E-state index < -0.39 is 23.8 Å². The fourth-order valence-corrected chi connectivity index (χ4v) is 8.00. The van der Waals surface area contributed by atoms with Gasteiger partial charge in [0.15, 0.2) is 11.5 Å². The van der Waals surface area contributed by atoms with Gasteiger partial charge in [0, 0.05) is 44.7 Å². The highest BCUT2D eigenvalue weighted by atomic mass is 16.7. The van der Waals surface area contributed by atoms with Crippen molar-refractivity contribution in [2.24, 2.45) is 22.9 Å². The molecule has 12 heteroatoms. The molecule has 0 radical (unpaired) electrons. The number of unbranched alkanes of at least 4 members (excludes halogenated alkanes) is 2. The number of aromatic hydroxyl groups is 1. The van der Waals surface area contributed by atoms with Crippen LogP contribution in [0.4, 0.5) is 4.79 Å². The molecule has 5 N–H and O–H groups in total. The summed E-state index contributed by atoms with van der Waals surface area (Å²) >= 11 is 0. The molecule has 260 valence electrons. The van der Waals surface area contributed by atoms with Crippen molar-refractivity contribution < 1.29 is 44.3 Å². The molecule has 2 aliphatic carbocycles. The normalized spacial score (nSPS) is 27.4. The number of nitrogens with one attached hydrogen (secondary N) is 1. The molecular weight excluding hydrogens is 618 g/mol. The lowest BCUT2D eigenvalue weighted by atomic mass is 9.55. The molecule has 0 bridgehead atoms. The number of oxime groups is 1. The molecule has 1 saturated carbocycles. The SMILES string of the molecule is CCON=C1C[C@H](N(C)C(=O)NCc2ccc3c(c2)OCO3)[C@@]2(O)Oc3ccc(O)cc3[C@H]3[C@H](CCCCO)[C@@H](CCCCO)C=C1[C@H]32. The third-order valence-corrected chi connectivity index (χ3v) is 10.2. The van der Waals surface area contributed by atoms with Gasteiger partial charge in [0.05, 0.1) is 11.6 Å². The van der Waals surface area contributed by atoms with E-state index in [-0.39, 0.29) is 56.5 Å². The number of rotatable bonds is 13. The van der Waals surface area contributed by atoms with Gasteiger partial charge in [-0.3, -0.25) is 0 Å². The molecule has 2 heterocycles. The van der Waals surface area contributed by atoms with Gasteiger partial charge in [-0.1, -0.05) is 30.1 Å². The van der Waals surface area contributed by atoms with Gasteiger partial charge in [0.2, 0.25) is 12.6 Å². The Balaban J connectivity index is 1.38. The van der Waals surface area contributed by atoms with Crippen LogP contribution in [-0.4, -0.2) is 82.6 Å². The number of carbonyl (C=O) groups excluding carboxylic acids is 1. The molecule has 2 aromatic carbocycles. The number of phenols is 1. The molecule has 12 nitrogen and oxygen atoms in total. The molecular formula is C36H47N3O9. The maximum atomic E-state index is 13.8. The van der Waals surface area contributed by atoms with Crippen molar-refractivity contribution in [2.45, 2.75) is 76.2 Å². The average Bonchev–Trinajstić information content (AvgIpc) is 3.56. The van der Waals surface area contributed by atoms with Gasteiger partial charge in [-0.2, -0.15) is 0 Å². The van der Waals surface area contributed by atoms with Gasteiger partial charge >= 0.3 is 6.03 Å². The topological polar surface area (TPSA) is 163 Å². The van der Waals surface area contributed by atoms with Crippen LogP contribution in [-0.2, 0) is 11.4 Å². The minimum atomic E-state index is -1.83. The number of allylic oxidation sites excluding steroid dienone is 1. The quantitative estimate of drug-likeness (QED) is 0.154. The number of aliphatic hydroxyl groups is 3. The van der Waals surface area contributed by atoms with Crippen LogP contribution in [0.15, 0.2) is 53.2 Å². The number of fused-ring (bicyclic) bond motifs is 3.